The van der Waals surface area contributed by atoms with E-state index in [9.17, 15) is 31.5 Å². The van der Waals surface area contributed by atoms with Crippen LogP contribution in [0.1, 0.15) is 24.1 Å². The molecule has 6 nitrogen and oxygen atoms in total. The van der Waals surface area contributed by atoms with E-state index in [1.807, 2.05) is 0 Å². The number of aromatic nitrogens is 1. The Bertz CT molecular complexity index is 1010. The average Bonchev–Trinajstić information content (AvgIpc) is 2.89. The minimum Gasteiger partial charge on any atom is -0.317 e. The fraction of sp³-hybridized carbons (Fsp3) is 0.350. The number of carbonyl (C=O) groups excluding carboxylic acids is 2. The largest absolute Gasteiger partial charge is 0.433 e. The zero-order valence-corrected chi connectivity index (χ0v) is 17.3. The number of alkyl halides is 3. The first-order chi connectivity index (χ1) is 14.6. The van der Waals surface area contributed by atoms with Crippen LogP contribution in [-0.4, -0.2) is 40.5 Å². The lowest BCUT2D eigenvalue weighted by atomic mass is 9.86. The van der Waals surface area contributed by atoms with Crippen molar-refractivity contribution in [1.82, 2.24) is 15.2 Å². The molecule has 4 rings (SSSR count). The smallest absolute Gasteiger partial charge is 0.317 e. The van der Waals surface area contributed by atoms with Crippen LogP contribution in [-0.2, 0) is 17.5 Å². The molecule has 3 amide bonds. The number of nitrogens with zero attached hydrogens (tertiary/aromatic N) is 3. The Morgan fingerprint density at radius 3 is 2.19 bits per heavy atom. The van der Waals surface area contributed by atoms with Crippen molar-refractivity contribution < 1.29 is 31.5 Å². The maximum absolute atomic E-state index is 13.7. The lowest BCUT2D eigenvalue weighted by molar-refractivity contribution is -0.141. The van der Waals surface area contributed by atoms with E-state index in [-0.39, 0.29) is 43.0 Å². The molecule has 3 heterocycles. The van der Waals surface area contributed by atoms with Crippen LogP contribution in [0, 0.1) is 11.6 Å². The van der Waals surface area contributed by atoms with Gasteiger partial charge in [0, 0.05) is 12.6 Å². The number of pyridine rings is 1. The quantitative estimate of drug-likeness (QED) is 0.539. The minimum absolute atomic E-state index is 0. The highest BCUT2D eigenvalue weighted by atomic mass is 35.5. The molecule has 2 aromatic rings. The number of halogens is 6. The van der Waals surface area contributed by atoms with Crippen molar-refractivity contribution in [2.75, 3.05) is 18.0 Å². The predicted octanol–water partition coefficient (Wildman–Crippen LogP) is 3.89. The van der Waals surface area contributed by atoms with E-state index in [4.69, 9.17) is 0 Å². The maximum atomic E-state index is 13.7. The predicted molar refractivity (Wildman–Crippen MR) is 106 cm³/mol. The first kappa shape index (κ1) is 23.9. The van der Waals surface area contributed by atoms with Crippen LogP contribution in [0.3, 0.4) is 0 Å². The van der Waals surface area contributed by atoms with Gasteiger partial charge in [-0.1, -0.05) is 0 Å². The van der Waals surface area contributed by atoms with Crippen LogP contribution in [0.15, 0.2) is 36.5 Å². The second-order valence-corrected chi connectivity index (χ2v) is 7.47. The van der Waals surface area contributed by atoms with Gasteiger partial charge in [-0.15, -0.1) is 12.4 Å². The van der Waals surface area contributed by atoms with Gasteiger partial charge < -0.3 is 10.2 Å². The molecule has 0 bridgehead atoms. The van der Waals surface area contributed by atoms with Crippen LogP contribution < -0.4 is 10.2 Å². The highest BCUT2D eigenvalue weighted by Gasteiger charge is 2.57. The molecule has 0 atom stereocenters. The SMILES string of the molecule is Cl.O=C1N(c2ccc(C(F)(F)F)nc2)C(=O)C2(CCNCC2)N1Cc1cc(F)cc(F)c1. The zero-order valence-electron chi connectivity index (χ0n) is 16.5. The molecule has 2 saturated heterocycles. The number of nitrogens with one attached hydrogen (secondary N) is 1. The summed E-state index contributed by atoms with van der Waals surface area (Å²) in [6.45, 7) is 0.613. The molecular formula is C20H18ClF5N4O2. The maximum Gasteiger partial charge on any atom is 0.433 e. The van der Waals surface area contributed by atoms with Crippen molar-refractivity contribution in [2.45, 2.75) is 31.1 Å². The Balaban J connectivity index is 0.00000289. The molecule has 2 aliphatic heterocycles. The molecule has 1 aromatic heterocycles. The summed E-state index contributed by atoms with van der Waals surface area (Å²) < 4.78 is 65.8. The van der Waals surface area contributed by atoms with Crippen LogP contribution >= 0.6 is 12.4 Å². The summed E-state index contributed by atoms with van der Waals surface area (Å²) in [5, 5.41) is 3.09. The van der Waals surface area contributed by atoms with Gasteiger partial charge in [0.05, 0.1) is 11.9 Å². The van der Waals surface area contributed by atoms with E-state index < -0.39 is 41.0 Å². The fourth-order valence-corrected chi connectivity index (χ4v) is 4.06. The highest BCUT2D eigenvalue weighted by Crippen LogP contribution is 2.39. The third kappa shape index (κ3) is 4.14. The number of amides is 3. The molecule has 0 radical (unpaired) electrons. The molecule has 0 saturated carbocycles. The monoisotopic (exact) mass is 476 g/mol. The van der Waals surface area contributed by atoms with E-state index in [0.29, 0.717) is 25.2 Å². The van der Waals surface area contributed by atoms with Crippen LogP contribution in [0.5, 0.6) is 0 Å². The van der Waals surface area contributed by atoms with Crippen molar-refractivity contribution in [1.29, 1.82) is 0 Å². The number of hydrogen-bond donors (Lipinski definition) is 1. The van der Waals surface area contributed by atoms with Gasteiger partial charge in [0.25, 0.3) is 5.91 Å². The first-order valence-electron chi connectivity index (χ1n) is 9.47. The number of hydrogen-bond acceptors (Lipinski definition) is 4. The van der Waals surface area contributed by atoms with Crippen molar-refractivity contribution in [2.24, 2.45) is 0 Å². The summed E-state index contributed by atoms with van der Waals surface area (Å²) in [5.41, 5.74) is -2.37. The summed E-state index contributed by atoms with van der Waals surface area (Å²) >= 11 is 0. The minimum atomic E-state index is -4.67. The summed E-state index contributed by atoms with van der Waals surface area (Å²) in [4.78, 5) is 31.9. The molecule has 1 N–H and O–H groups in total. The topological polar surface area (TPSA) is 65.5 Å². The average molecular weight is 477 g/mol. The first-order valence-corrected chi connectivity index (χ1v) is 9.47. The third-order valence-electron chi connectivity index (χ3n) is 5.53. The Kier molecular flexibility index (Phi) is 6.43. The molecule has 1 aromatic carbocycles. The number of carbonyl (C=O) groups is 2. The van der Waals surface area contributed by atoms with Gasteiger partial charge in [-0.3, -0.25) is 4.79 Å². The van der Waals surface area contributed by atoms with Crippen molar-refractivity contribution in [3.05, 3.63) is 59.4 Å². The highest BCUT2D eigenvalue weighted by molar-refractivity contribution is 6.23. The van der Waals surface area contributed by atoms with Crippen molar-refractivity contribution >= 4 is 30.0 Å². The number of urea groups is 1. The van der Waals surface area contributed by atoms with E-state index in [0.717, 1.165) is 29.3 Å². The van der Waals surface area contributed by atoms with Gasteiger partial charge in [-0.05, 0) is 55.8 Å². The molecule has 2 aliphatic rings. The van der Waals surface area contributed by atoms with Crippen molar-refractivity contribution in [3.8, 4) is 0 Å². The van der Waals surface area contributed by atoms with E-state index in [1.165, 1.54) is 4.90 Å². The molecular weight excluding hydrogens is 459 g/mol. The Morgan fingerprint density at radius 1 is 1.03 bits per heavy atom. The Labute approximate surface area is 185 Å². The van der Waals surface area contributed by atoms with Gasteiger partial charge in [-0.2, -0.15) is 13.2 Å². The Hall–Kier alpha value is -2.79. The van der Waals surface area contributed by atoms with Crippen LogP contribution in [0.25, 0.3) is 0 Å². The number of rotatable bonds is 3. The lowest BCUT2D eigenvalue weighted by Crippen LogP contribution is -2.55. The van der Waals surface area contributed by atoms with Gasteiger partial charge in [0.2, 0.25) is 0 Å². The molecule has 1 spiro atoms. The van der Waals surface area contributed by atoms with Gasteiger partial charge in [0.15, 0.2) is 0 Å². The third-order valence-corrected chi connectivity index (χ3v) is 5.53. The zero-order chi connectivity index (χ0) is 22.4. The summed E-state index contributed by atoms with van der Waals surface area (Å²) in [6.07, 6.45) is -3.35. The standard InChI is InChI=1S/C20H17F5N4O2.ClH/c21-13-7-12(8-14(22)9-13)11-28-18(31)29(17(30)19(28)3-5-26-6-4-19)15-1-2-16(27-10-15)20(23,24)25;/h1-2,7-10,26H,3-6,11H2;1H. The van der Waals surface area contributed by atoms with Gasteiger partial charge in [0.1, 0.15) is 22.9 Å². The van der Waals surface area contributed by atoms with Gasteiger partial charge in [-0.25, -0.2) is 23.5 Å². The second kappa shape index (κ2) is 8.62. The molecule has 172 valence electrons. The van der Waals surface area contributed by atoms with E-state index >= 15 is 0 Å². The summed E-state index contributed by atoms with van der Waals surface area (Å²) in [5.74, 6) is -2.25. The van der Waals surface area contributed by atoms with E-state index in [1.54, 1.807) is 0 Å². The molecule has 2 fully saturated rings. The summed E-state index contributed by atoms with van der Waals surface area (Å²) in [7, 11) is 0. The van der Waals surface area contributed by atoms with Crippen molar-refractivity contribution in [3.63, 3.8) is 0 Å². The van der Waals surface area contributed by atoms with E-state index in [2.05, 4.69) is 10.3 Å². The number of piperidine rings is 1. The second-order valence-electron chi connectivity index (χ2n) is 7.47. The van der Waals surface area contributed by atoms with Crippen LogP contribution in [0.4, 0.5) is 32.4 Å². The normalized spacial score (nSPS) is 18.3. The lowest BCUT2D eigenvalue weighted by Gasteiger charge is -2.38. The Morgan fingerprint density at radius 2 is 1.66 bits per heavy atom. The number of anilines is 1. The van der Waals surface area contributed by atoms with Gasteiger partial charge >= 0.3 is 12.2 Å². The fourth-order valence-electron chi connectivity index (χ4n) is 4.06. The molecule has 0 unspecified atom stereocenters. The van der Waals surface area contributed by atoms with Crippen LogP contribution in [0.2, 0.25) is 0 Å². The summed E-state index contributed by atoms with van der Waals surface area (Å²) in [6, 6.07) is 3.75. The molecule has 0 aliphatic carbocycles. The molecule has 32 heavy (non-hydrogen) atoms. The number of imide groups is 1. The number of benzene rings is 1. The molecule has 12 heteroatoms.